The Labute approximate surface area is 216 Å². The second kappa shape index (κ2) is 7.43. The van der Waals surface area contributed by atoms with E-state index in [0.29, 0.717) is 0 Å². The molecule has 1 nitrogen and oxygen atoms in total. The van der Waals surface area contributed by atoms with E-state index >= 15 is 0 Å². The van der Waals surface area contributed by atoms with Gasteiger partial charge in [-0.1, -0.05) is 101 Å². The molecule has 1 aromatic heterocycles. The summed E-state index contributed by atoms with van der Waals surface area (Å²) in [4.78, 5) is 0. The molecule has 0 aliphatic heterocycles. The van der Waals surface area contributed by atoms with Gasteiger partial charge in [-0.3, -0.25) is 0 Å². The van der Waals surface area contributed by atoms with Gasteiger partial charge >= 0.3 is 0 Å². The molecule has 0 saturated heterocycles. The van der Waals surface area contributed by atoms with Crippen molar-refractivity contribution in [3.63, 3.8) is 0 Å². The summed E-state index contributed by atoms with van der Waals surface area (Å²) in [6, 6.07) is 44.3. The van der Waals surface area contributed by atoms with E-state index in [9.17, 15) is 0 Å². The molecule has 0 fully saturated rings. The molecular weight excluding hydrogens is 502 g/mol. The standard InChI is InChI=1S/C34H20BrN/c35-30-18-13-22-11-16-27-25(15-10-21-12-17-28(30)34(22)33(21)27)23-14-19-32-29(20-23)26-8-4-5-9-31(26)36(32)24-6-2-1-3-7-24/h1-20H. The molecule has 0 unspecified atom stereocenters. The highest BCUT2D eigenvalue weighted by Gasteiger charge is 2.16. The van der Waals surface area contributed by atoms with Gasteiger partial charge < -0.3 is 4.57 Å². The highest BCUT2D eigenvalue weighted by atomic mass is 79.9. The first-order valence-corrected chi connectivity index (χ1v) is 13.0. The van der Waals surface area contributed by atoms with Crippen molar-refractivity contribution in [1.29, 1.82) is 0 Å². The molecule has 0 amide bonds. The zero-order chi connectivity index (χ0) is 23.8. The van der Waals surface area contributed by atoms with Crippen LogP contribution in [-0.4, -0.2) is 4.57 Å². The second-order valence-corrected chi connectivity index (χ2v) is 10.4. The maximum Gasteiger partial charge on any atom is 0.0541 e. The van der Waals surface area contributed by atoms with Gasteiger partial charge in [-0.2, -0.15) is 0 Å². The predicted octanol–water partition coefficient (Wildman–Crippen LogP) is 10.1. The Morgan fingerprint density at radius 3 is 2.00 bits per heavy atom. The fourth-order valence-corrected chi connectivity index (χ4v) is 6.48. The predicted molar refractivity (Wildman–Crippen MR) is 158 cm³/mol. The Morgan fingerprint density at radius 2 is 1.14 bits per heavy atom. The zero-order valence-corrected chi connectivity index (χ0v) is 21.0. The molecule has 36 heavy (non-hydrogen) atoms. The number of halogens is 1. The molecule has 2 heteroatoms. The number of para-hydroxylation sites is 2. The van der Waals surface area contributed by atoms with Crippen molar-refractivity contribution in [2.75, 3.05) is 0 Å². The maximum absolute atomic E-state index is 3.77. The third kappa shape index (κ3) is 2.71. The van der Waals surface area contributed by atoms with Gasteiger partial charge in [-0.15, -0.1) is 0 Å². The smallest absolute Gasteiger partial charge is 0.0541 e. The first-order valence-electron chi connectivity index (χ1n) is 12.2. The third-order valence-corrected chi connectivity index (χ3v) is 8.30. The van der Waals surface area contributed by atoms with Crippen molar-refractivity contribution >= 4 is 70.1 Å². The topological polar surface area (TPSA) is 4.93 Å². The highest BCUT2D eigenvalue weighted by Crippen LogP contribution is 2.42. The van der Waals surface area contributed by atoms with Gasteiger partial charge in [0.25, 0.3) is 0 Å². The molecule has 0 aliphatic rings. The summed E-state index contributed by atoms with van der Waals surface area (Å²) in [6.45, 7) is 0. The van der Waals surface area contributed by atoms with E-state index in [1.165, 1.54) is 70.9 Å². The number of benzene rings is 7. The lowest BCUT2D eigenvalue weighted by molar-refractivity contribution is 1.18. The molecule has 0 spiro atoms. The van der Waals surface area contributed by atoms with Crippen LogP contribution in [0.2, 0.25) is 0 Å². The summed E-state index contributed by atoms with van der Waals surface area (Å²) in [5.41, 5.74) is 6.17. The average Bonchev–Trinajstić information content (AvgIpc) is 3.27. The fourth-order valence-electron chi connectivity index (χ4n) is 6.01. The average molecular weight is 522 g/mol. The molecular formula is C34H20BrN. The van der Waals surface area contributed by atoms with Gasteiger partial charge in [0, 0.05) is 20.9 Å². The third-order valence-electron chi connectivity index (χ3n) is 7.61. The Kier molecular flexibility index (Phi) is 4.15. The summed E-state index contributed by atoms with van der Waals surface area (Å²) in [5.74, 6) is 0. The van der Waals surface area contributed by atoms with Crippen molar-refractivity contribution in [2.24, 2.45) is 0 Å². The maximum atomic E-state index is 3.77. The van der Waals surface area contributed by atoms with Crippen LogP contribution >= 0.6 is 15.9 Å². The van der Waals surface area contributed by atoms with Crippen LogP contribution in [0.3, 0.4) is 0 Å². The van der Waals surface area contributed by atoms with E-state index in [0.717, 1.165) is 4.47 Å². The van der Waals surface area contributed by atoms with E-state index in [-0.39, 0.29) is 0 Å². The Morgan fingerprint density at radius 1 is 0.472 bits per heavy atom. The zero-order valence-electron chi connectivity index (χ0n) is 19.4. The van der Waals surface area contributed by atoms with Crippen LogP contribution in [0.1, 0.15) is 0 Å². The lowest BCUT2D eigenvalue weighted by Crippen LogP contribution is -1.93. The van der Waals surface area contributed by atoms with Crippen molar-refractivity contribution in [1.82, 2.24) is 4.57 Å². The van der Waals surface area contributed by atoms with Gasteiger partial charge in [0.05, 0.1) is 11.0 Å². The van der Waals surface area contributed by atoms with Crippen LogP contribution in [-0.2, 0) is 0 Å². The van der Waals surface area contributed by atoms with Crippen LogP contribution in [0, 0.1) is 0 Å². The summed E-state index contributed by atoms with van der Waals surface area (Å²) in [7, 11) is 0. The van der Waals surface area contributed by atoms with E-state index in [2.05, 4.69) is 142 Å². The van der Waals surface area contributed by atoms with Gasteiger partial charge in [-0.25, -0.2) is 0 Å². The molecule has 7 aromatic carbocycles. The number of hydrogen-bond acceptors (Lipinski definition) is 0. The van der Waals surface area contributed by atoms with E-state index in [1.54, 1.807) is 0 Å². The monoisotopic (exact) mass is 521 g/mol. The molecule has 0 N–H and O–H groups in total. The molecule has 8 rings (SSSR count). The van der Waals surface area contributed by atoms with Crippen molar-refractivity contribution < 1.29 is 0 Å². The summed E-state index contributed by atoms with van der Waals surface area (Å²) in [6.07, 6.45) is 0. The number of rotatable bonds is 2. The lowest BCUT2D eigenvalue weighted by Gasteiger charge is -2.15. The minimum absolute atomic E-state index is 1.14. The van der Waals surface area contributed by atoms with Crippen LogP contribution < -0.4 is 0 Å². The molecule has 0 saturated carbocycles. The van der Waals surface area contributed by atoms with Gasteiger partial charge in [0.15, 0.2) is 0 Å². The van der Waals surface area contributed by atoms with Crippen LogP contribution in [0.4, 0.5) is 0 Å². The highest BCUT2D eigenvalue weighted by molar-refractivity contribution is 9.10. The van der Waals surface area contributed by atoms with Crippen molar-refractivity contribution in [3.8, 4) is 16.8 Å². The number of hydrogen-bond donors (Lipinski definition) is 0. The summed E-state index contributed by atoms with van der Waals surface area (Å²) in [5, 5.41) is 10.4. The van der Waals surface area contributed by atoms with Crippen molar-refractivity contribution in [2.45, 2.75) is 0 Å². The van der Waals surface area contributed by atoms with Gasteiger partial charge in [0.2, 0.25) is 0 Å². The second-order valence-electron chi connectivity index (χ2n) is 9.50. The summed E-state index contributed by atoms with van der Waals surface area (Å²) < 4.78 is 3.51. The van der Waals surface area contributed by atoms with E-state index in [1.807, 2.05) is 0 Å². The molecule has 0 aliphatic carbocycles. The Balaban J connectivity index is 1.45. The lowest BCUT2D eigenvalue weighted by atomic mass is 9.89. The van der Waals surface area contributed by atoms with E-state index < -0.39 is 0 Å². The normalized spacial score (nSPS) is 12.0. The first-order chi connectivity index (χ1) is 17.8. The number of nitrogens with zero attached hydrogens (tertiary/aromatic N) is 1. The van der Waals surface area contributed by atoms with Crippen molar-refractivity contribution in [3.05, 3.63) is 126 Å². The molecule has 1 heterocycles. The fraction of sp³-hybridized carbons (Fsp3) is 0. The largest absolute Gasteiger partial charge is 0.309 e. The van der Waals surface area contributed by atoms with Crippen LogP contribution in [0.5, 0.6) is 0 Å². The first kappa shape index (κ1) is 20.1. The SMILES string of the molecule is Brc1ccc2ccc3c(-c4ccc5c(c4)c4ccccc4n5-c4ccccc4)ccc4ccc1c2c43. The Hall–Kier alpha value is -4.14. The quantitative estimate of drug-likeness (QED) is 0.199. The summed E-state index contributed by atoms with van der Waals surface area (Å²) >= 11 is 3.77. The minimum atomic E-state index is 1.14. The molecule has 8 aromatic rings. The molecule has 0 radical (unpaired) electrons. The Bertz CT molecular complexity index is 2100. The van der Waals surface area contributed by atoms with Crippen LogP contribution in [0.25, 0.3) is 70.9 Å². The van der Waals surface area contributed by atoms with Gasteiger partial charge in [-0.05, 0) is 79.8 Å². The minimum Gasteiger partial charge on any atom is -0.309 e. The van der Waals surface area contributed by atoms with E-state index in [4.69, 9.17) is 0 Å². The molecule has 0 bridgehead atoms. The van der Waals surface area contributed by atoms with Gasteiger partial charge in [0.1, 0.15) is 0 Å². The van der Waals surface area contributed by atoms with Crippen LogP contribution in [0.15, 0.2) is 126 Å². The molecule has 168 valence electrons. The number of fused-ring (bicyclic) bond motifs is 3. The molecule has 0 atom stereocenters. The number of aromatic nitrogens is 1.